The van der Waals surface area contributed by atoms with Crippen molar-refractivity contribution in [2.75, 3.05) is 11.9 Å². The zero-order valence-corrected chi connectivity index (χ0v) is 27.1. The SMILES string of the molecule is C#Cc1ccc2ccccc2c1C(=O)O.CCCCCCCCCCNc1cccc(CCCCCCCCCC(F)(F)F)c1. The van der Waals surface area contributed by atoms with E-state index in [0.29, 0.717) is 17.4 Å². The van der Waals surface area contributed by atoms with Gasteiger partial charge in [0.25, 0.3) is 0 Å². The van der Waals surface area contributed by atoms with Gasteiger partial charge in [-0.15, -0.1) is 6.42 Å². The fourth-order valence-corrected chi connectivity index (χ4v) is 5.49. The summed E-state index contributed by atoms with van der Waals surface area (Å²) in [6.45, 7) is 3.31. The Labute approximate surface area is 269 Å². The van der Waals surface area contributed by atoms with E-state index in [1.807, 2.05) is 18.2 Å². The van der Waals surface area contributed by atoms with Gasteiger partial charge in [-0.05, 0) is 60.2 Å². The van der Waals surface area contributed by atoms with E-state index in [0.717, 1.165) is 50.5 Å². The Morgan fingerprint density at radius 1 is 0.778 bits per heavy atom. The summed E-state index contributed by atoms with van der Waals surface area (Å²) in [5.41, 5.74) is 3.22. The number of halogens is 3. The molecule has 246 valence electrons. The molecule has 3 nitrogen and oxygen atoms in total. The molecule has 0 atom stereocenters. The summed E-state index contributed by atoms with van der Waals surface area (Å²) < 4.78 is 36.2. The number of carbonyl (C=O) groups is 1. The maximum Gasteiger partial charge on any atom is 0.389 e. The van der Waals surface area contributed by atoms with Crippen molar-refractivity contribution >= 4 is 22.4 Å². The summed E-state index contributed by atoms with van der Waals surface area (Å²) in [6.07, 6.45) is 18.9. The van der Waals surface area contributed by atoms with Gasteiger partial charge in [0.2, 0.25) is 0 Å². The molecular formula is C39H52F3NO2. The van der Waals surface area contributed by atoms with Crippen molar-refractivity contribution in [2.45, 2.75) is 122 Å². The first kappa shape index (κ1) is 37.7. The monoisotopic (exact) mass is 623 g/mol. The van der Waals surface area contributed by atoms with Crippen LogP contribution >= 0.6 is 0 Å². The molecule has 0 aliphatic rings. The molecule has 0 fully saturated rings. The molecule has 2 N–H and O–H groups in total. The number of aryl methyl sites for hydroxylation is 1. The van der Waals surface area contributed by atoms with Crippen LogP contribution in [0.15, 0.2) is 60.7 Å². The Bertz CT molecular complexity index is 1300. The van der Waals surface area contributed by atoms with Crippen molar-refractivity contribution in [3.63, 3.8) is 0 Å². The number of alkyl halides is 3. The quantitative estimate of drug-likeness (QED) is 0.0972. The largest absolute Gasteiger partial charge is 0.478 e. The molecule has 0 aliphatic carbocycles. The number of anilines is 1. The Morgan fingerprint density at radius 3 is 2.04 bits per heavy atom. The number of rotatable bonds is 20. The Morgan fingerprint density at radius 2 is 1.40 bits per heavy atom. The van der Waals surface area contributed by atoms with Gasteiger partial charge in [-0.3, -0.25) is 0 Å². The molecule has 0 aliphatic heterocycles. The van der Waals surface area contributed by atoms with Crippen LogP contribution in [-0.4, -0.2) is 23.8 Å². The van der Waals surface area contributed by atoms with E-state index in [4.69, 9.17) is 11.5 Å². The normalized spacial score (nSPS) is 11.1. The van der Waals surface area contributed by atoms with Crippen LogP contribution in [0.2, 0.25) is 0 Å². The molecule has 0 heterocycles. The fraction of sp³-hybridized carbons (Fsp3) is 0.513. The van der Waals surface area contributed by atoms with Crippen molar-refractivity contribution in [2.24, 2.45) is 0 Å². The second-order valence-electron chi connectivity index (χ2n) is 11.9. The van der Waals surface area contributed by atoms with Crippen LogP contribution in [0.5, 0.6) is 0 Å². The Balaban J connectivity index is 0.000000388. The second-order valence-corrected chi connectivity index (χ2v) is 11.9. The molecule has 6 heteroatoms. The Hall–Kier alpha value is -3.46. The zero-order valence-electron chi connectivity index (χ0n) is 27.1. The topological polar surface area (TPSA) is 49.3 Å². The molecule has 0 unspecified atom stereocenters. The molecule has 45 heavy (non-hydrogen) atoms. The van der Waals surface area contributed by atoms with E-state index in [-0.39, 0.29) is 12.0 Å². The van der Waals surface area contributed by atoms with Crippen LogP contribution in [0.4, 0.5) is 18.9 Å². The highest BCUT2D eigenvalue weighted by Crippen LogP contribution is 2.24. The third kappa shape index (κ3) is 16.4. The van der Waals surface area contributed by atoms with Gasteiger partial charge in [-0.1, -0.05) is 132 Å². The third-order valence-electron chi connectivity index (χ3n) is 8.01. The summed E-state index contributed by atoms with van der Waals surface area (Å²) in [6, 6.07) is 19.5. The lowest BCUT2D eigenvalue weighted by Crippen LogP contribution is -2.06. The number of fused-ring (bicyclic) bond motifs is 1. The van der Waals surface area contributed by atoms with Crippen LogP contribution in [-0.2, 0) is 6.42 Å². The number of carboxylic acids is 1. The van der Waals surface area contributed by atoms with E-state index < -0.39 is 18.6 Å². The van der Waals surface area contributed by atoms with Crippen LogP contribution in [0.1, 0.15) is 131 Å². The minimum absolute atomic E-state index is 0.204. The van der Waals surface area contributed by atoms with Crippen molar-refractivity contribution < 1.29 is 23.1 Å². The van der Waals surface area contributed by atoms with Gasteiger partial charge in [0.15, 0.2) is 0 Å². The van der Waals surface area contributed by atoms with Crippen molar-refractivity contribution in [3.8, 4) is 12.3 Å². The van der Waals surface area contributed by atoms with E-state index in [1.165, 1.54) is 62.6 Å². The first-order valence-electron chi connectivity index (χ1n) is 16.9. The lowest BCUT2D eigenvalue weighted by atomic mass is 9.99. The number of carboxylic acid groups (broad SMARTS) is 1. The van der Waals surface area contributed by atoms with Gasteiger partial charge < -0.3 is 10.4 Å². The second kappa shape index (κ2) is 22.1. The molecule has 0 saturated heterocycles. The molecular weight excluding hydrogens is 571 g/mol. The van der Waals surface area contributed by atoms with Crippen molar-refractivity contribution in [3.05, 3.63) is 77.4 Å². The highest BCUT2D eigenvalue weighted by Gasteiger charge is 2.25. The van der Waals surface area contributed by atoms with Crippen LogP contribution in [0.3, 0.4) is 0 Å². The summed E-state index contributed by atoms with van der Waals surface area (Å²) in [5, 5.41) is 14.2. The summed E-state index contributed by atoms with van der Waals surface area (Å²) in [5.74, 6) is 1.40. The van der Waals surface area contributed by atoms with Gasteiger partial charge in [0.05, 0.1) is 5.56 Å². The number of benzene rings is 3. The average molecular weight is 624 g/mol. The molecule has 0 aromatic heterocycles. The van der Waals surface area contributed by atoms with Gasteiger partial charge in [0, 0.05) is 24.2 Å². The molecule has 3 rings (SSSR count). The lowest BCUT2D eigenvalue weighted by molar-refractivity contribution is -0.135. The van der Waals surface area contributed by atoms with E-state index in [2.05, 4.69) is 42.4 Å². The first-order chi connectivity index (χ1) is 21.7. The van der Waals surface area contributed by atoms with Crippen molar-refractivity contribution in [1.29, 1.82) is 0 Å². The number of hydrogen-bond acceptors (Lipinski definition) is 2. The van der Waals surface area contributed by atoms with Crippen LogP contribution in [0.25, 0.3) is 10.8 Å². The molecule has 0 saturated carbocycles. The van der Waals surface area contributed by atoms with Gasteiger partial charge >= 0.3 is 12.1 Å². The number of terminal acetylenes is 1. The summed E-state index contributed by atoms with van der Waals surface area (Å²) >= 11 is 0. The van der Waals surface area contributed by atoms with E-state index >= 15 is 0 Å². The van der Waals surface area contributed by atoms with Crippen LogP contribution < -0.4 is 5.32 Å². The first-order valence-corrected chi connectivity index (χ1v) is 16.9. The molecule has 0 bridgehead atoms. The zero-order chi connectivity index (χ0) is 32.8. The maximum absolute atomic E-state index is 12.1. The number of hydrogen-bond donors (Lipinski definition) is 2. The number of nitrogens with one attached hydrogen (secondary N) is 1. The molecule has 0 radical (unpaired) electrons. The summed E-state index contributed by atoms with van der Waals surface area (Å²) in [7, 11) is 0. The molecule has 3 aromatic rings. The minimum Gasteiger partial charge on any atom is -0.478 e. The molecule has 0 spiro atoms. The average Bonchev–Trinajstić information content (AvgIpc) is 3.02. The fourth-order valence-electron chi connectivity index (χ4n) is 5.49. The maximum atomic E-state index is 12.1. The smallest absolute Gasteiger partial charge is 0.389 e. The van der Waals surface area contributed by atoms with Gasteiger partial charge in [0.1, 0.15) is 0 Å². The molecule has 3 aromatic carbocycles. The minimum atomic E-state index is -3.99. The highest BCUT2D eigenvalue weighted by molar-refractivity contribution is 6.05. The Kier molecular flexibility index (Phi) is 18.5. The van der Waals surface area contributed by atoms with E-state index in [9.17, 15) is 18.0 Å². The van der Waals surface area contributed by atoms with Gasteiger partial charge in [-0.25, -0.2) is 4.79 Å². The number of aromatic carboxylic acids is 1. The lowest BCUT2D eigenvalue weighted by Gasteiger charge is -2.09. The van der Waals surface area contributed by atoms with Gasteiger partial charge in [-0.2, -0.15) is 13.2 Å². The van der Waals surface area contributed by atoms with E-state index in [1.54, 1.807) is 18.2 Å². The highest BCUT2D eigenvalue weighted by atomic mass is 19.4. The predicted molar refractivity (Wildman–Crippen MR) is 183 cm³/mol. The number of unbranched alkanes of at least 4 members (excludes halogenated alkanes) is 13. The standard InChI is InChI=1S/C26H44F3N.C13H8O2/c1-2-3-4-5-6-10-13-16-22-30-25-20-17-19-24(23-25)18-14-11-8-7-9-12-15-21-26(27,28)29;1-2-9-7-8-10-5-3-4-6-11(10)12(9)13(14)15/h17,19-20,23,30H,2-16,18,21-22H2,1H3;1,3-8H,(H,14,15). The molecule has 0 amide bonds. The van der Waals surface area contributed by atoms with Crippen LogP contribution in [0, 0.1) is 12.3 Å². The predicted octanol–water partition coefficient (Wildman–Crippen LogP) is 12.0. The summed E-state index contributed by atoms with van der Waals surface area (Å²) in [4.78, 5) is 11.1. The van der Waals surface area contributed by atoms with Crippen molar-refractivity contribution in [1.82, 2.24) is 0 Å². The third-order valence-corrected chi connectivity index (χ3v) is 8.01.